The number of imidazole rings is 1. The molecule has 4 aromatic rings. The molecule has 1 saturated heterocycles. The third-order valence-electron chi connectivity index (χ3n) is 5.86. The summed E-state index contributed by atoms with van der Waals surface area (Å²) in [5.41, 5.74) is 9.15. The van der Waals surface area contributed by atoms with Crippen molar-refractivity contribution >= 4 is 17.1 Å². The number of hydrogen-bond donors (Lipinski definition) is 4. The molecule has 4 atom stereocenters. The van der Waals surface area contributed by atoms with Gasteiger partial charge < -0.3 is 20.7 Å². The van der Waals surface area contributed by atoms with E-state index in [0.717, 1.165) is 16.7 Å². The van der Waals surface area contributed by atoms with Gasteiger partial charge in [0.15, 0.2) is 6.33 Å². The number of aliphatic hydroxyl groups excluding tert-OH is 2. The quantitative estimate of drug-likeness (QED) is 0.354. The predicted molar refractivity (Wildman–Crippen MR) is 118 cm³/mol. The standard InChI is InChI=1S/C23H23N5O4/c1-13-18(29)19(30)22(32-13)28-12-27(17-20(28)25-23(24)26-21(17)31)11-14-7-9-16(10-8-14)15-5-3-2-4-6-15/h2-10,12-13,18-19,22,29-30H,11H2,1H3,(H2-,24,25,26,31)/p+1/t13-,18-,19-,22-/m1/s1. The Morgan fingerprint density at radius 1 is 1.09 bits per heavy atom. The maximum absolute atomic E-state index is 12.7. The Balaban J connectivity index is 1.54. The molecule has 3 heterocycles. The van der Waals surface area contributed by atoms with Crippen molar-refractivity contribution in [1.29, 1.82) is 0 Å². The molecule has 1 aliphatic heterocycles. The van der Waals surface area contributed by atoms with E-state index in [4.69, 9.17) is 10.5 Å². The Labute approximate surface area is 183 Å². The molecular weight excluding hydrogens is 410 g/mol. The number of hydrogen-bond acceptors (Lipinski definition) is 6. The molecule has 0 spiro atoms. The van der Waals surface area contributed by atoms with Crippen molar-refractivity contribution in [3.63, 3.8) is 0 Å². The van der Waals surface area contributed by atoms with Gasteiger partial charge in [0.25, 0.3) is 11.5 Å². The second kappa shape index (κ2) is 7.86. The van der Waals surface area contributed by atoms with E-state index in [1.54, 1.807) is 22.4 Å². The van der Waals surface area contributed by atoms with Gasteiger partial charge in [0.2, 0.25) is 11.7 Å². The van der Waals surface area contributed by atoms with E-state index in [9.17, 15) is 15.0 Å². The van der Waals surface area contributed by atoms with Crippen LogP contribution < -0.4 is 15.9 Å². The van der Waals surface area contributed by atoms with Crippen LogP contribution in [0.2, 0.25) is 0 Å². The molecule has 9 nitrogen and oxygen atoms in total. The molecule has 0 aliphatic carbocycles. The summed E-state index contributed by atoms with van der Waals surface area (Å²) in [5.74, 6) is -0.0395. The number of rotatable bonds is 4. The molecule has 1 fully saturated rings. The highest BCUT2D eigenvalue weighted by atomic mass is 16.6. The number of aromatic nitrogens is 4. The summed E-state index contributed by atoms with van der Waals surface area (Å²) in [6, 6.07) is 18.2. The van der Waals surface area contributed by atoms with Crippen molar-refractivity contribution in [2.45, 2.75) is 38.0 Å². The molecular formula is C23H24N5O4+. The minimum absolute atomic E-state index is 0.0395. The molecule has 2 aromatic heterocycles. The maximum atomic E-state index is 12.7. The van der Waals surface area contributed by atoms with Crippen molar-refractivity contribution in [3.05, 3.63) is 76.8 Å². The van der Waals surface area contributed by atoms with Gasteiger partial charge in [-0.3, -0.25) is 14.3 Å². The van der Waals surface area contributed by atoms with Crippen LogP contribution in [0.3, 0.4) is 0 Å². The molecule has 5 N–H and O–H groups in total. The fraction of sp³-hybridized carbons (Fsp3) is 0.261. The predicted octanol–water partition coefficient (Wildman–Crippen LogP) is 0.949. The molecule has 32 heavy (non-hydrogen) atoms. The van der Waals surface area contributed by atoms with Gasteiger partial charge in [-0.15, -0.1) is 0 Å². The Bertz CT molecular complexity index is 1320. The number of nitrogens with zero attached hydrogens (tertiary/aromatic N) is 3. The van der Waals surface area contributed by atoms with E-state index in [2.05, 4.69) is 22.1 Å². The largest absolute Gasteiger partial charge is 0.387 e. The lowest BCUT2D eigenvalue weighted by Crippen LogP contribution is -2.46. The number of H-pyrrole nitrogens is 1. The van der Waals surface area contributed by atoms with E-state index in [-0.39, 0.29) is 11.6 Å². The van der Waals surface area contributed by atoms with Crippen LogP contribution in [0, 0.1) is 0 Å². The Morgan fingerprint density at radius 3 is 2.44 bits per heavy atom. The SMILES string of the molecule is C[C@H]1O[C@@H]([n+]2cn(Cc3ccc(-c4ccccc4)cc3)c3c(=O)[nH]c(N)nc32)[C@H](O)[C@@H]1O. The summed E-state index contributed by atoms with van der Waals surface area (Å²) in [6.07, 6.45) is -2.00. The number of nitrogens with one attached hydrogen (secondary N) is 1. The number of nitrogen functional groups attached to an aromatic ring is 1. The van der Waals surface area contributed by atoms with Crippen molar-refractivity contribution in [1.82, 2.24) is 14.5 Å². The van der Waals surface area contributed by atoms with Crippen molar-refractivity contribution < 1.29 is 19.5 Å². The fourth-order valence-corrected chi connectivity index (χ4v) is 4.17. The van der Waals surface area contributed by atoms with Gasteiger partial charge in [-0.05, 0) is 23.6 Å². The van der Waals surface area contributed by atoms with Gasteiger partial charge in [-0.1, -0.05) is 59.6 Å². The van der Waals surface area contributed by atoms with Crippen LogP contribution in [-0.2, 0) is 11.3 Å². The van der Waals surface area contributed by atoms with E-state index in [1.165, 1.54) is 0 Å². The lowest BCUT2D eigenvalue weighted by Gasteiger charge is -2.12. The number of aromatic amines is 1. The summed E-state index contributed by atoms with van der Waals surface area (Å²) in [4.78, 5) is 19.5. The number of ether oxygens (including phenoxy) is 1. The van der Waals surface area contributed by atoms with Gasteiger partial charge in [-0.2, -0.15) is 0 Å². The van der Waals surface area contributed by atoms with E-state index < -0.39 is 30.1 Å². The van der Waals surface area contributed by atoms with Crippen molar-refractivity contribution in [2.75, 3.05) is 5.73 Å². The summed E-state index contributed by atoms with van der Waals surface area (Å²) in [6.45, 7) is 2.07. The summed E-state index contributed by atoms with van der Waals surface area (Å²) >= 11 is 0. The zero-order valence-corrected chi connectivity index (χ0v) is 17.4. The Hall–Kier alpha value is -3.53. The van der Waals surface area contributed by atoms with Crippen LogP contribution in [0.5, 0.6) is 0 Å². The normalized spacial score (nSPS) is 23.1. The van der Waals surface area contributed by atoms with Crippen molar-refractivity contribution in [2.24, 2.45) is 0 Å². The minimum Gasteiger partial charge on any atom is -0.387 e. The Morgan fingerprint density at radius 2 is 1.78 bits per heavy atom. The van der Waals surface area contributed by atoms with E-state index in [1.807, 2.05) is 42.5 Å². The third kappa shape index (κ3) is 3.46. The van der Waals surface area contributed by atoms with Gasteiger partial charge in [0.1, 0.15) is 12.2 Å². The molecule has 9 heteroatoms. The van der Waals surface area contributed by atoms with Crippen LogP contribution in [0.1, 0.15) is 18.7 Å². The second-order valence-electron chi connectivity index (χ2n) is 8.05. The van der Waals surface area contributed by atoms with E-state index >= 15 is 0 Å². The van der Waals surface area contributed by atoms with Gasteiger partial charge in [0, 0.05) is 0 Å². The minimum atomic E-state index is -1.17. The molecule has 0 unspecified atom stereocenters. The summed E-state index contributed by atoms with van der Waals surface area (Å²) in [7, 11) is 0. The smallest absolute Gasteiger partial charge is 0.313 e. The number of anilines is 1. The van der Waals surface area contributed by atoms with Gasteiger partial charge in [-0.25, -0.2) is 4.57 Å². The summed E-state index contributed by atoms with van der Waals surface area (Å²) in [5, 5.41) is 20.6. The molecule has 0 amide bonds. The van der Waals surface area contributed by atoms with E-state index in [0.29, 0.717) is 12.1 Å². The first-order valence-corrected chi connectivity index (χ1v) is 10.4. The maximum Gasteiger partial charge on any atom is 0.313 e. The topological polar surface area (TPSA) is 130 Å². The number of aliphatic hydroxyl groups is 2. The zero-order chi connectivity index (χ0) is 22.4. The molecule has 0 bridgehead atoms. The van der Waals surface area contributed by atoms with Crippen LogP contribution in [0.15, 0.2) is 65.7 Å². The third-order valence-corrected chi connectivity index (χ3v) is 5.86. The Kier molecular flexibility index (Phi) is 5.01. The molecule has 0 saturated carbocycles. The fourth-order valence-electron chi connectivity index (χ4n) is 4.17. The highest BCUT2D eigenvalue weighted by molar-refractivity contribution is 5.67. The van der Waals surface area contributed by atoms with Crippen LogP contribution in [0.25, 0.3) is 22.3 Å². The number of nitrogens with two attached hydrogens (primary N) is 1. The summed E-state index contributed by atoms with van der Waals surface area (Å²) < 4.78 is 9.04. The average molecular weight is 434 g/mol. The lowest BCUT2D eigenvalue weighted by molar-refractivity contribution is -0.745. The first kappa shape index (κ1) is 20.4. The number of fused-ring (bicyclic) bond motifs is 1. The van der Waals surface area contributed by atoms with Crippen LogP contribution in [-0.4, -0.2) is 43.1 Å². The monoisotopic (exact) mass is 434 g/mol. The second-order valence-corrected chi connectivity index (χ2v) is 8.05. The van der Waals surface area contributed by atoms with Gasteiger partial charge >= 0.3 is 5.65 Å². The molecule has 164 valence electrons. The zero-order valence-electron chi connectivity index (χ0n) is 17.4. The highest BCUT2D eigenvalue weighted by Gasteiger charge is 2.45. The first-order valence-electron chi connectivity index (χ1n) is 10.4. The number of benzene rings is 2. The van der Waals surface area contributed by atoms with Crippen LogP contribution in [0.4, 0.5) is 5.95 Å². The molecule has 2 aromatic carbocycles. The highest BCUT2D eigenvalue weighted by Crippen LogP contribution is 2.26. The molecule has 0 radical (unpaired) electrons. The average Bonchev–Trinajstić information content (AvgIpc) is 3.27. The molecule has 1 aliphatic rings. The first-order chi connectivity index (χ1) is 15.4. The molecule has 5 rings (SSSR count). The lowest BCUT2D eigenvalue weighted by atomic mass is 10.0. The van der Waals surface area contributed by atoms with Gasteiger partial charge in [0.05, 0.1) is 12.6 Å². The van der Waals surface area contributed by atoms with Crippen LogP contribution >= 0.6 is 0 Å². The van der Waals surface area contributed by atoms with Crippen molar-refractivity contribution in [3.8, 4) is 11.1 Å².